The lowest BCUT2D eigenvalue weighted by molar-refractivity contribution is 0.0524. The van der Waals surface area contributed by atoms with Crippen LogP contribution in [0.15, 0.2) is 47.4 Å². The van der Waals surface area contributed by atoms with E-state index in [2.05, 4.69) is 22.6 Å². The molecule has 7 heteroatoms. The Morgan fingerprint density at radius 3 is 2.42 bits per heavy atom. The summed E-state index contributed by atoms with van der Waals surface area (Å²) in [5.74, 6) is -2.48. The molecule has 0 spiro atoms. The highest BCUT2D eigenvalue weighted by molar-refractivity contribution is 14.1. The second kappa shape index (κ2) is 7.53. The predicted molar refractivity (Wildman–Crippen MR) is 102 cm³/mol. The Balaban J connectivity index is 2.27. The van der Waals surface area contributed by atoms with Gasteiger partial charge in [0.25, 0.3) is 0 Å². The first-order chi connectivity index (χ1) is 12.4. The molecule has 0 aliphatic heterocycles. The van der Waals surface area contributed by atoms with Gasteiger partial charge >= 0.3 is 5.97 Å². The number of fused-ring (bicyclic) bond motifs is 1. The van der Waals surface area contributed by atoms with Crippen molar-refractivity contribution in [3.63, 3.8) is 0 Å². The Morgan fingerprint density at radius 2 is 1.77 bits per heavy atom. The van der Waals surface area contributed by atoms with Crippen LogP contribution in [0.25, 0.3) is 10.9 Å². The predicted octanol–water partition coefficient (Wildman–Crippen LogP) is 4.11. The number of nitrogens with zero attached hydrogens (tertiary/aromatic N) is 1. The van der Waals surface area contributed by atoms with Crippen LogP contribution in [0.4, 0.5) is 8.78 Å². The zero-order valence-corrected chi connectivity index (χ0v) is 15.9. The van der Waals surface area contributed by atoms with Gasteiger partial charge in [0.2, 0.25) is 5.43 Å². The van der Waals surface area contributed by atoms with Crippen molar-refractivity contribution in [2.75, 3.05) is 6.61 Å². The van der Waals surface area contributed by atoms with E-state index >= 15 is 0 Å². The number of rotatable bonds is 4. The van der Waals surface area contributed by atoms with Crippen molar-refractivity contribution >= 4 is 39.5 Å². The van der Waals surface area contributed by atoms with Gasteiger partial charge in [-0.1, -0.05) is 12.1 Å². The topological polar surface area (TPSA) is 48.3 Å². The van der Waals surface area contributed by atoms with E-state index in [-0.39, 0.29) is 24.2 Å². The molecule has 0 aliphatic rings. The molecule has 0 unspecified atom stereocenters. The van der Waals surface area contributed by atoms with Crippen molar-refractivity contribution in [3.05, 3.63) is 79.1 Å². The van der Waals surface area contributed by atoms with Gasteiger partial charge in [-0.15, -0.1) is 0 Å². The third-order valence-corrected chi connectivity index (χ3v) is 4.60. The Labute approximate surface area is 161 Å². The van der Waals surface area contributed by atoms with Crippen molar-refractivity contribution in [2.45, 2.75) is 13.5 Å². The largest absolute Gasteiger partial charge is 0.462 e. The molecule has 3 rings (SSSR count). The van der Waals surface area contributed by atoms with Crippen molar-refractivity contribution in [3.8, 4) is 0 Å². The van der Waals surface area contributed by atoms with Crippen molar-refractivity contribution in [2.24, 2.45) is 0 Å². The molecule has 0 aliphatic carbocycles. The van der Waals surface area contributed by atoms with E-state index in [4.69, 9.17) is 4.74 Å². The Morgan fingerprint density at radius 1 is 1.12 bits per heavy atom. The summed E-state index contributed by atoms with van der Waals surface area (Å²) in [4.78, 5) is 24.6. The average molecular weight is 469 g/mol. The van der Waals surface area contributed by atoms with Gasteiger partial charge in [-0.3, -0.25) is 4.79 Å². The van der Waals surface area contributed by atoms with Crippen LogP contribution in [0, 0.1) is 15.2 Å². The molecule has 0 saturated heterocycles. The van der Waals surface area contributed by atoms with Crippen molar-refractivity contribution in [1.29, 1.82) is 0 Å². The van der Waals surface area contributed by atoms with Crippen LogP contribution in [0.5, 0.6) is 0 Å². The number of carbonyl (C=O) groups is 1. The number of carbonyl (C=O) groups excluding carboxylic acids is 1. The van der Waals surface area contributed by atoms with Crippen LogP contribution in [0.2, 0.25) is 0 Å². The fraction of sp³-hybridized carbons (Fsp3) is 0.158. The summed E-state index contributed by atoms with van der Waals surface area (Å²) in [5, 5.41) is -0.457. The van der Waals surface area contributed by atoms with Gasteiger partial charge in [0, 0.05) is 16.3 Å². The lowest BCUT2D eigenvalue weighted by atomic mass is 10.1. The highest BCUT2D eigenvalue weighted by atomic mass is 127. The lowest BCUT2D eigenvalue weighted by Gasteiger charge is -2.14. The molecule has 134 valence electrons. The molecule has 26 heavy (non-hydrogen) atoms. The number of benzene rings is 2. The fourth-order valence-electron chi connectivity index (χ4n) is 2.72. The van der Waals surface area contributed by atoms with E-state index < -0.39 is 28.4 Å². The minimum Gasteiger partial charge on any atom is -0.462 e. The third kappa shape index (κ3) is 3.48. The van der Waals surface area contributed by atoms with Crippen molar-refractivity contribution in [1.82, 2.24) is 4.57 Å². The molecule has 4 nitrogen and oxygen atoms in total. The van der Waals surface area contributed by atoms with E-state index in [1.807, 2.05) is 24.3 Å². The first-order valence-electron chi connectivity index (χ1n) is 7.85. The maximum atomic E-state index is 14.4. The molecule has 0 amide bonds. The molecule has 0 fully saturated rings. The van der Waals surface area contributed by atoms with Crippen LogP contribution >= 0.6 is 22.6 Å². The van der Waals surface area contributed by atoms with Gasteiger partial charge in [0.1, 0.15) is 17.2 Å². The van der Waals surface area contributed by atoms with Crippen molar-refractivity contribution < 1.29 is 18.3 Å². The molecular formula is C19H14F2INO3. The van der Waals surface area contributed by atoms with Gasteiger partial charge < -0.3 is 9.30 Å². The molecule has 3 aromatic rings. The minimum atomic E-state index is -0.881. The van der Waals surface area contributed by atoms with E-state index in [0.29, 0.717) is 0 Å². The third-order valence-electron chi connectivity index (χ3n) is 3.88. The number of hydrogen-bond acceptors (Lipinski definition) is 3. The van der Waals surface area contributed by atoms with E-state index in [1.54, 1.807) is 6.92 Å². The van der Waals surface area contributed by atoms with Gasteiger partial charge in [-0.25, -0.2) is 13.6 Å². The minimum absolute atomic E-state index is 0.0685. The number of aromatic nitrogens is 1. The standard InChI is InChI=1S/C19H14F2INO3/c1-2-26-19(25)13-10-23(9-11-3-5-12(22)6-4-11)17-15(21)8-7-14(20)16(17)18(13)24/h3-8,10H,2,9H2,1H3. The summed E-state index contributed by atoms with van der Waals surface area (Å²) in [5.41, 5.74) is -0.570. The molecule has 2 aromatic carbocycles. The number of halogens is 3. The van der Waals surface area contributed by atoms with Crippen LogP contribution in [-0.2, 0) is 11.3 Å². The van der Waals surface area contributed by atoms with Crippen LogP contribution in [0.1, 0.15) is 22.8 Å². The molecule has 0 bridgehead atoms. The molecule has 0 saturated carbocycles. The van der Waals surface area contributed by atoms with Crippen LogP contribution < -0.4 is 5.43 Å². The van der Waals surface area contributed by atoms with Crippen LogP contribution in [-0.4, -0.2) is 17.1 Å². The van der Waals surface area contributed by atoms with E-state index in [1.165, 1.54) is 10.8 Å². The zero-order valence-electron chi connectivity index (χ0n) is 13.8. The smallest absolute Gasteiger partial charge is 0.343 e. The summed E-state index contributed by atoms with van der Waals surface area (Å²) >= 11 is 2.16. The zero-order chi connectivity index (χ0) is 18.8. The second-order valence-corrected chi connectivity index (χ2v) is 6.85. The van der Waals surface area contributed by atoms with Gasteiger partial charge in [0.05, 0.1) is 17.5 Å². The summed E-state index contributed by atoms with van der Waals surface area (Å²) in [6.07, 6.45) is 1.23. The maximum Gasteiger partial charge on any atom is 0.343 e. The Hall–Kier alpha value is -2.29. The molecular weight excluding hydrogens is 455 g/mol. The molecule has 0 radical (unpaired) electrons. The summed E-state index contributed by atoms with van der Waals surface area (Å²) < 4.78 is 36.0. The highest BCUT2D eigenvalue weighted by Gasteiger charge is 2.21. The first kappa shape index (κ1) is 18.5. The Kier molecular flexibility index (Phi) is 5.36. The number of ether oxygens (including phenoxy) is 1. The fourth-order valence-corrected chi connectivity index (χ4v) is 3.08. The maximum absolute atomic E-state index is 14.4. The summed E-state index contributed by atoms with van der Waals surface area (Å²) in [7, 11) is 0. The SMILES string of the molecule is CCOC(=O)c1cn(Cc2ccc(I)cc2)c2c(F)ccc(F)c2c1=O. The van der Waals surface area contributed by atoms with Gasteiger partial charge in [-0.2, -0.15) is 0 Å². The monoisotopic (exact) mass is 469 g/mol. The van der Waals surface area contributed by atoms with Gasteiger partial charge in [0.15, 0.2) is 0 Å². The van der Waals surface area contributed by atoms with E-state index in [9.17, 15) is 18.4 Å². The molecule has 0 N–H and O–H groups in total. The number of esters is 1. The number of pyridine rings is 1. The molecule has 0 atom stereocenters. The average Bonchev–Trinajstić information content (AvgIpc) is 2.61. The second-order valence-electron chi connectivity index (χ2n) is 5.60. The molecule has 1 heterocycles. The highest BCUT2D eigenvalue weighted by Crippen LogP contribution is 2.21. The number of hydrogen-bond donors (Lipinski definition) is 0. The first-order valence-corrected chi connectivity index (χ1v) is 8.93. The summed E-state index contributed by atoms with van der Waals surface area (Å²) in [6, 6.07) is 9.28. The Bertz CT molecular complexity index is 1050. The van der Waals surface area contributed by atoms with Crippen LogP contribution in [0.3, 0.4) is 0 Å². The molecule has 1 aromatic heterocycles. The summed E-state index contributed by atoms with van der Waals surface area (Å²) in [6.45, 7) is 1.84. The quantitative estimate of drug-likeness (QED) is 0.427. The van der Waals surface area contributed by atoms with Gasteiger partial charge in [-0.05, 0) is 59.3 Å². The lowest BCUT2D eigenvalue weighted by Crippen LogP contribution is -2.22. The van der Waals surface area contributed by atoms with E-state index in [0.717, 1.165) is 21.3 Å². The normalized spacial score (nSPS) is 10.9.